The second-order valence-corrected chi connectivity index (χ2v) is 6.46. The average molecular weight is 345 g/mol. The Labute approximate surface area is 143 Å². The molecule has 1 aromatic carbocycles. The Bertz CT molecular complexity index is 783. The molecule has 1 amide bonds. The van der Waals surface area contributed by atoms with Crippen molar-refractivity contribution in [2.75, 3.05) is 36.4 Å². The Kier molecular flexibility index (Phi) is 4.04. The number of nitrogens with one attached hydrogen (secondary N) is 2. The number of anilines is 2. The standard InChI is InChI=1S/C17H17F2N5O/c18-12-1-13(19)3-14(2-12)22-17(25)15-6-21-7-16(23-15)24-8-10-4-20-5-11(10)9-24/h1-3,6-7,10-11,20H,4-5,8-9H2,(H,22,25)/t10-,11+. The molecule has 2 atom stereocenters. The lowest BCUT2D eigenvalue weighted by molar-refractivity contribution is 0.102. The van der Waals surface area contributed by atoms with E-state index in [0.717, 1.165) is 44.4 Å². The second-order valence-electron chi connectivity index (χ2n) is 6.46. The zero-order valence-electron chi connectivity index (χ0n) is 13.4. The number of rotatable bonds is 3. The Balaban J connectivity index is 1.50. The van der Waals surface area contributed by atoms with Crippen LogP contribution in [0.3, 0.4) is 0 Å². The average Bonchev–Trinajstić information content (AvgIpc) is 3.15. The van der Waals surface area contributed by atoms with Crippen LogP contribution in [0.4, 0.5) is 20.3 Å². The van der Waals surface area contributed by atoms with Crippen molar-refractivity contribution < 1.29 is 13.6 Å². The molecular weight excluding hydrogens is 328 g/mol. The summed E-state index contributed by atoms with van der Waals surface area (Å²) in [5.41, 5.74) is 0.147. The molecule has 4 rings (SSSR count). The number of carbonyl (C=O) groups is 1. The van der Waals surface area contributed by atoms with Crippen LogP contribution in [0.1, 0.15) is 10.5 Å². The normalized spacial score (nSPS) is 22.1. The van der Waals surface area contributed by atoms with Crippen molar-refractivity contribution in [1.82, 2.24) is 15.3 Å². The van der Waals surface area contributed by atoms with Crippen molar-refractivity contribution in [3.63, 3.8) is 0 Å². The number of aromatic nitrogens is 2. The minimum Gasteiger partial charge on any atom is -0.355 e. The van der Waals surface area contributed by atoms with Gasteiger partial charge in [-0.3, -0.25) is 9.78 Å². The van der Waals surface area contributed by atoms with Crippen molar-refractivity contribution in [1.29, 1.82) is 0 Å². The van der Waals surface area contributed by atoms with Gasteiger partial charge < -0.3 is 15.5 Å². The summed E-state index contributed by atoms with van der Waals surface area (Å²) in [6, 6.07) is 2.84. The Morgan fingerprint density at radius 2 is 1.80 bits per heavy atom. The molecular formula is C17H17F2N5O. The summed E-state index contributed by atoms with van der Waals surface area (Å²) in [7, 11) is 0. The summed E-state index contributed by atoms with van der Waals surface area (Å²) < 4.78 is 26.5. The first-order chi connectivity index (χ1) is 12.1. The lowest BCUT2D eigenvalue weighted by Gasteiger charge is -2.18. The molecule has 2 aromatic rings. The quantitative estimate of drug-likeness (QED) is 0.885. The molecule has 8 heteroatoms. The SMILES string of the molecule is O=C(Nc1cc(F)cc(F)c1)c1cncc(N2C[C@H]3CNC[C@H]3C2)n1. The topological polar surface area (TPSA) is 70.2 Å². The van der Waals surface area contributed by atoms with E-state index in [9.17, 15) is 13.6 Å². The van der Waals surface area contributed by atoms with E-state index in [1.54, 1.807) is 6.20 Å². The van der Waals surface area contributed by atoms with E-state index < -0.39 is 17.5 Å². The zero-order valence-corrected chi connectivity index (χ0v) is 13.4. The minimum atomic E-state index is -0.757. The van der Waals surface area contributed by atoms with Gasteiger partial charge in [0.2, 0.25) is 0 Å². The van der Waals surface area contributed by atoms with Crippen molar-refractivity contribution in [2.45, 2.75) is 0 Å². The van der Waals surface area contributed by atoms with Gasteiger partial charge in [-0.2, -0.15) is 0 Å². The Morgan fingerprint density at radius 1 is 1.12 bits per heavy atom. The number of carbonyl (C=O) groups excluding carboxylic acids is 1. The molecule has 3 heterocycles. The van der Waals surface area contributed by atoms with Gasteiger partial charge in [-0.25, -0.2) is 13.8 Å². The molecule has 0 unspecified atom stereocenters. The van der Waals surface area contributed by atoms with Gasteiger partial charge in [0, 0.05) is 37.9 Å². The smallest absolute Gasteiger partial charge is 0.275 e. The predicted octanol–water partition coefficient (Wildman–Crippen LogP) is 1.66. The summed E-state index contributed by atoms with van der Waals surface area (Å²) >= 11 is 0. The van der Waals surface area contributed by atoms with Crippen LogP contribution >= 0.6 is 0 Å². The molecule has 1 aromatic heterocycles. The molecule has 2 fully saturated rings. The summed E-state index contributed by atoms with van der Waals surface area (Å²) in [6.45, 7) is 3.76. The molecule has 0 saturated carbocycles. The first-order valence-electron chi connectivity index (χ1n) is 8.13. The minimum absolute atomic E-state index is 0.0384. The van der Waals surface area contributed by atoms with Crippen molar-refractivity contribution in [3.8, 4) is 0 Å². The van der Waals surface area contributed by atoms with E-state index in [4.69, 9.17) is 0 Å². The second kappa shape index (κ2) is 6.36. The highest BCUT2D eigenvalue weighted by atomic mass is 19.1. The molecule has 2 aliphatic heterocycles. The number of nitrogens with zero attached hydrogens (tertiary/aromatic N) is 3. The van der Waals surface area contributed by atoms with Gasteiger partial charge in [0.05, 0.1) is 12.4 Å². The maximum absolute atomic E-state index is 13.2. The van der Waals surface area contributed by atoms with Gasteiger partial charge in [-0.1, -0.05) is 0 Å². The van der Waals surface area contributed by atoms with Gasteiger partial charge in [0.1, 0.15) is 23.1 Å². The first-order valence-corrected chi connectivity index (χ1v) is 8.13. The molecule has 0 bridgehead atoms. The number of halogens is 2. The van der Waals surface area contributed by atoms with Crippen LogP contribution in [0.25, 0.3) is 0 Å². The predicted molar refractivity (Wildman–Crippen MR) is 88.4 cm³/mol. The van der Waals surface area contributed by atoms with Gasteiger partial charge in [0.15, 0.2) is 0 Å². The van der Waals surface area contributed by atoms with Crippen molar-refractivity contribution in [3.05, 3.63) is 47.9 Å². The third-order valence-corrected chi connectivity index (χ3v) is 4.69. The fourth-order valence-corrected chi connectivity index (χ4v) is 3.48. The summed E-state index contributed by atoms with van der Waals surface area (Å²) in [5, 5.41) is 5.82. The van der Waals surface area contributed by atoms with Crippen LogP contribution in [0, 0.1) is 23.5 Å². The third-order valence-electron chi connectivity index (χ3n) is 4.69. The maximum Gasteiger partial charge on any atom is 0.275 e. The molecule has 2 saturated heterocycles. The number of hydrogen-bond donors (Lipinski definition) is 2. The summed E-state index contributed by atoms with van der Waals surface area (Å²) in [5.74, 6) is -0.239. The lowest BCUT2D eigenvalue weighted by Crippen LogP contribution is -2.27. The maximum atomic E-state index is 13.2. The lowest BCUT2D eigenvalue weighted by atomic mass is 10.0. The molecule has 0 aliphatic carbocycles. The van der Waals surface area contributed by atoms with Crippen molar-refractivity contribution in [2.24, 2.45) is 11.8 Å². The van der Waals surface area contributed by atoms with E-state index >= 15 is 0 Å². The van der Waals surface area contributed by atoms with Gasteiger partial charge in [-0.05, 0) is 24.0 Å². The molecule has 6 nitrogen and oxygen atoms in total. The first kappa shape index (κ1) is 15.9. The van der Waals surface area contributed by atoms with Crippen LogP contribution in [-0.4, -0.2) is 42.1 Å². The molecule has 0 spiro atoms. The molecule has 130 valence electrons. The van der Waals surface area contributed by atoms with E-state index in [1.807, 2.05) is 0 Å². The molecule has 2 aliphatic rings. The highest BCUT2D eigenvalue weighted by Crippen LogP contribution is 2.29. The third kappa shape index (κ3) is 3.30. The van der Waals surface area contributed by atoms with E-state index in [1.165, 1.54) is 6.20 Å². The number of benzene rings is 1. The molecule has 2 N–H and O–H groups in total. The monoisotopic (exact) mass is 345 g/mol. The van der Waals surface area contributed by atoms with Crippen LogP contribution in [0.5, 0.6) is 0 Å². The Morgan fingerprint density at radius 3 is 2.48 bits per heavy atom. The van der Waals surface area contributed by atoms with Crippen LogP contribution in [0.15, 0.2) is 30.6 Å². The Hall–Kier alpha value is -2.61. The largest absolute Gasteiger partial charge is 0.355 e. The number of hydrogen-bond acceptors (Lipinski definition) is 5. The van der Waals surface area contributed by atoms with Crippen LogP contribution in [-0.2, 0) is 0 Å². The fourth-order valence-electron chi connectivity index (χ4n) is 3.48. The highest BCUT2D eigenvalue weighted by molar-refractivity contribution is 6.02. The number of fused-ring (bicyclic) bond motifs is 1. The summed E-state index contributed by atoms with van der Waals surface area (Å²) in [6.07, 6.45) is 2.97. The van der Waals surface area contributed by atoms with E-state index in [-0.39, 0.29) is 11.4 Å². The van der Waals surface area contributed by atoms with Gasteiger partial charge >= 0.3 is 0 Å². The van der Waals surface area contributed by atoms with Crippen molar-refractivity contribution >= 4 is 17.4 Å². The van der Waals surface area contributed by atoms with E-state index in [0.29, 0.717) is 17.7 Å². The molecule has 25 heavy (non-hydrogen) atoms. The van der Waals surface area contributed by atoms with Crippen LogP contribution < -0.4 is 15.5 Å². The summed E-state index contributed by atoms with van der Waals surface area (Å²) in [4.78, 5) is 22.9. The number of amides is 1. The fraction of sp³-hybridized carbons (Fsp3) is 0.353. The van der Waals surface area contributed by atoms with E-state index in [2.05, 4.69) is 25.5 Å². The highest BCUT2D eigenvalue weighted by Gasteiger charge is 2.36. The molecule has 0 radical (unpaired) electrons. The van der Waals surface area contributed by atoms with Gasteiger partial charge in [0.25, 0.3) is 5.91 Å². The van der Waals surface area contributed by atoms with Crippen LogP contribution in [0.2, 0.25) is 0 Å². The van der Waals surface area contributed by atoms with Gasteiger partial charge in [-0.15, -0.1) is 0 Å². The zero-order chi connectivity index (χ0) is 17.4.